The van der Waals surface area contributed by atoms with Gasteiger partial charge in [-0.25, -0.2) is 4.99 Å². The van der Waals surface area contributed by atoms with Gasteiger partial charge in [-0.05, 0) is 29.8 Å². The van der Waals surface area contributed by atoms with Gasteiger partial charge in [0.25, 0.3) is 0 Å². The molecule has 2 aromatic rings. The first-order valence-corrected chi connectivity index (χ1v) is 7.72. The van der Waals surface area contributed by atoms with Crippen LogP contribution in [0.4, 0.5) is 5.69 Å². The van der Waals surface area contributed by atoms with Crippen molar-refractivity contribution in [2.75, 3.05) is 26.1 Å². The number of aliphatic imine (C=N–C) groups is 1. The van der Waals surface area contributed by atoms with Gasteiger partial charge in [-0.3, -0.25) is 4.79 Å². The molecule has 0 bridgehead atoms. The highest BCUT2D eigenvalue weighted by molar-refractivity contribution is 5.95. The molecule has 4 N–H and O–H groups in total. The number of amides is 1. The maximum atomic E-state index is 11.9. The fourth-order valence-corrected chi connectivity index (χ4v) is 2.08. The zero-order valence-electron chi connectivity index (χ0n) is 14.3. The Morgan fingerprint density at radius 3 is 2.48 bits per heavy atom. The van der Waals surface area contributed by atoms with Gasteiger partial charge >= 0.3 is 0 Å². The van der Waals surface area contributed by atoms with Crippen LogP contribution in [0.2, 0.25) is 0 Å². The molecule has 2 rings (SSSR count). The maximum absolute atomic E-state index is 11.9. The highest BCUT2D eigenvalue weighted by Gasteiger charge is 2.04. The number of anilines is 1. The van der Waals surface area contributed by atoms with Crippen molar-refractivity contribution in [3.8, 4) is 11.5 Å². The summed E-state index contributed by atoms with van der Waals surface area (Å²) in [5.74, 6) is 1.34. The van der Waals surface area contributed by atoms with E-state index in [9.17, 15) is 4.79 Å². The van der Waals surface area contributed by atoms with Crippen molar-refractivity contribution in [2.24, 2.45) is 10.7 Å². The van der Waals surface area contributed by atoms with E-state index < -0.39 is 0 Å². The molecular formula is C18H22N4O3. The zero-order chi connectivity index (χ0) is 18.1. The quantitative estimate of drug-likeness (QED) is 0.526. The summed E-state index contributed by atoms with van der Waals surface area (Å²) in [6, 6.07) is 14.8. The monoisotopic (exact) mass is 342 g/mol. The molecule has 1 amide bonds. The second kappa shape index (κ2) is 9.17. The summed E-state index contributed by atoms with van der Waals surface area (Å²) < 4.78 is 10.3. The van der Waals surface area contributed by atoms with Crippen LogP contribution in [-0.2, 0) is 11.3 Å². The van der Waals surface area contributed by atoms with Crippen LogP contribution >= 0.6 is 0 Å². The molecule has 0 spiro atoms. The number of carbonyl (C=O) groups is 1. The highest BCUT2D eigenvalue weighted by atomic mass is 16.5. The fraction of sp³-hybridized carbons (Fsp3) is 0.222. The Bertz CT molecular complexity index is 729. The predicted molar refractivity (Wildman–Crippen MR) is 97.9 cm³/mol. The van der Waals surface area contributed by atoms with Gasteiger partial charge in [0.05, 0.1) is 19.9 Å². The van der Waals surface area contributed by atoms with Crippen molar-refractivity contribution >= 4 is 17.6 Å². The van der Waals surface area contributed by atoms with Gasteiger partial charge in [-0.2, -0.15) is 0 Å². The lowest BCUT2D eigenvalue weighted by Gasteiger charge is -2.10. The Morgan fingerprint density at radius 1 is 1.08 bits per heavy atom. The number of nitrogens with two attached hydrogens (primary N) is 1. The summed E-state index contributed by atoms with van der Waals surface area (Å²) in [5.41, 5.74) is 7.46. The summed E-state index contributed by atoms with van der Waals surface area (Å²) in [6.45, 7) is 0.350. The van der Waals surface area contributed by atoms with Crippen LogP contribution in [0.25, 0.3) is 0 Å². The molecule has 132 valence electrons. The number of carbonyl (C=O) groups excluding carboxylic acids is 1. The van der Waals surface area contributed by atoms with Crippen molar-refractivity contribution in [3.05, 3.63) is 54.1 Å². The van der Waals surface area contributed by atoms with Gasteiger partial charge in [0.15, 0.2) is 5.96 Å². The Morgan fingerprint density at radius 2 is 1.80 bits per heavy atom. The maximum Gasteiger partial charge on any atom is 0.242 e. The second-order valence-corrected chi connectivity index (χ2v) is 5.15. The molecule has 0 saturated heterocycles. The standard InChI is InChI=1S/C18H22N4O3/c1-24-14-9-7-13(8-10-14)11-20-17(23)12-21-18(19)22-15-5-3-4-6-16(15)25-2/h3-10H,11-12H2,1-2H3,(H,20,23)(H3,19,21,22). The number of hydrogen-bond donors (Lipinski definition) is 3. The molecule has 7 heteroatoms. The summed E-state index contributed by atoms with van der Waals surface area (Å²) in [4.78, 5) is 15.9. The highest BCUT2D eigenvalue weighted by Crippen LogP contribution is 2.22. The Kier molecular flexibility index (Phi) is 6.65. The minimum Gasteiger partial charge on any atom is -0.497 e. The van der Waals surface area contributed by atoms with Gasteiger partial charge in [0.2, 0.25) is 5.91 Å². The van der Waals surface area contributed by atoms with E-state index in [0.29, 0.717) is 18.0 Å². The molecule has 0 atom stereocenters. The third kappa shape index (κ3) is 5.72. The number of rotatable bonds is 7. The molecule has 0 aromatic heterocycles. The lowest BCUT2D eigenvalue weighted by Crippen LogP contribution is -2.29. The average molecular weight is 342 g/mol. The Labute approximate surface area is 146 Å². The Balaban J connectivity index is 1.82. The van der Waals surface area contributed by atoms with Crippen molar-refractivity contribution < 1.29 is 14.3 Å². The summed E-state index contributed by atoms with van der Waals surface area (Å²) >= 11 is 0. The molecule has 0 fully saturated rings. The van der Waals surface area contributed by atoms with Crippen molar-refractivity contribution in [1.82, 2.24) is 5.32 Å². The van der Waals surface area contributed by atoms with Crippen LogP contribution in [0.15, 0.2) is 53.5 Å². The van der Waals surface area contributed by atoms with Gasteiger partial charge in [0, 0.05) is 6.54 Å². The van der Waals surface area contributed by atoms with E-state index in [0.717, 1.165) is 11.3 Å². The van der Waals surface area contributed by atoms with Crippen molar-refractivity contribution in [3.63, 3.8) is 0 Å². The van der Waals surface area contributed by atoms with E-state index in [1.165, 1.54) is 0 Å². The largest absolute Gasteiger partial charge is 0.497 e. The average Bonchev–Trinajstić information content (AvgIpc) is 2.65. The van der Waals surface area contributed by atoms with E-state index in [-0.39, 0.29) is 18.4 Å². The van der Waals surface area contributed by atoms with Gasteiger partial charge in [-0.1, -0.05) is 24.3 Å². The number of nitrogens with one attached hydrogen (secondary N) is 2. The summed E-state index contributed by atoms with van der Waals surface area (Å²) in [5, 5.41) is 5.70. The van der Waals surface area contributed by atoms with E-state index in [1.54, 1.807) is 20.3 Å². The van der Waals surface area contributed by atoms with Crippen LogP contribution in [0, 0.1) is 0 Å². The molecule has 0 heterocycles. The molecule has 0 aliphatic carbocycles. The molecule has 0 aliphatic heterocycles. The Hall–Kier alpha value is -3.22. The van der Waals surface area contributed by atoms with Gasteiger partial charge in [-0.15, -0.1) is 0 Å². The molecule has 2 aromatic carbocycles. The topological polar surface area (TPSA) is 98.0 Å². The molecule has 7 nitrogen and oxygen atoms in total. The molecule has 0 radical (unpaired) electrons. The second-order valence-electron chi connectivity index (χ2n) is 5.15. The minimum absolute atomic E-state index is 0.0653. The van der Waals surface area contributed by atoms with Crippen LogP contribution < -0.4 is 25.8 Å². The minimum atomic E-state index is -0.222. The summed E-state index contributed by atoms with van der Waals surface area (Å²) in [7, 11) is 3.18. The lowest BCUT2D eigenvalue weighted by atomic mass is 10.2. The number of guanidine groups is 1. The first-order chi connectivity index (χ1) is 12.1. The number of benzene rings is 2. The van der Waals surface area contributed by atoms with E-state index in [2.05, 4.69) is 15.6 Å². The first kappa shape index (κ1) is 18.1. The lowest BCUT2D eigenvalue weighted by molar-refractivity contribution is -0.119. The SMILES string of the molecule is COc1ccc(CNC(=O)CN=C(N)Nc2ccccc2OC)cc1. The summed E-state index contributed by atoms with van der Waals surface area (Å²) in [6.07, 6.45) is 0. The van der Waals surface area contributed by atoms with E-state index in [1.807, 2.05) is 42.5 Å². The number of hydrogen-bond acceptors (Lipinski definition) is 4. The van der Waals surface area contributed by atoms with E-state index in [4.69, 9.17) is 15.2 Å². The number of para-hydroxylation sites is 2. The number of methoxy groups -OCH3 is 2. The third-order valence-electron chi connectivity index (χ3n) is 3.41. The van der Waals surface area contributed by atoms with Crippen LogP contribution in [0.5, 0.6) is 11.5 Å². The first-order valence-electron chi connectivity index (χ1n) is 7.72. The number of nitrogens with zero attached hydrogens (tertiary/aromatic N) is 1. The number of ether oxygens (including phenoxy) is 2. The molecule has 0 aliphatic rings. The normalized spacial score (nSPS) is 10.9. The van der Waals surface area contributed by atoms with Gasteiger partial charge in [0.1, 0.15) is 18.0 Å². The predicted octanol–water partition coefficient (Wildman–Crippen LogP) is 1.75. The third-order valence-corrected chi connectivity index (χ3v) is 3.41. The molecular weight excluding hydrogens is 320 g/mol. The van der Waals surface area contributed by atoms with Gasteiger partial charge < -0.3 is 25.8 Å². The van der Waals surface area contributed by atoms with Crippen molar-refractivity contribution in [1.29, 1.82) is 0 Å². The molecule has 0 unspecified atom stereocenters. The van der Waals surface area contributed by atoms with Crippen LogP contribution in [0.3, 0.4) is 0 Å². The molecule has 25 heavy (non-hydrogen) atoms. The smallest absolute Gasteiger partial charge is 0.242 e. The fourth-order valence-electron chi connectivity index (χ4n) is 2.08. The van der Waals surface area contributed by atoms with Crippen molar-refractivity contribution in [2.45, 2.75) is 6.54 Å². The molecule has 0 saturated carbocycles. The zero-order valence-corrected chi connectivity index (χ0v) is 14.3. The van der Waals surface area contributed by atoms with Crippen LogP contribution in [-0.4, -0.2) is 32.6 Å². The van der Waals surface area contributed by atoms with Crippen LogP contribution in [0.1, 0.15) is 5.56 Å². The van der Waals surface area contributed by atoms with E-state index >= 15 is 0 Å².